The summed E-state index contributed by atoms with van der Waals surface area (Å²) in [5, 5.41) is 9.41. The van der Waals surface area contributed by atoms with Crippen molar-refractivity contribution >= 4 is 0 Å². The molecule has 0 atom stereocenters. The van der Waals surface area contributed by atoms with E-state index in [-0.39, 0.29) is 5.75 Å². The van der Waals surface area contributed by atoms with Gasteiger partial charge in [0.2, 0.25) is 0 Å². The molecular weight excluding hydrogens is 176 g/mol. The minimum Gasteiger partial charge on any atom is -0.508 e. The monoisotopic (exact) mass is 192 g/mol. The molecule has 1 rings (SSSR count). The van der Waals surface area contributed by atoms with Gasteiger partial charge in [-0.3, -0.25) is 0 Å². The highest BCUT2D eigenvalue weighted by Gasteiger charge is 2.02. The van der Waals surface area contributed by atoms with Crippen LogP contribution in [0.25, 0.3) is 0 Å². The lowest BCUT2D eigenvalue weighted by Crippen LogP contribution is -1.98. The standard InChI is InChI=1S/C12H16O2/c1-9(2)7-8-14-12-6-4-5-11(13)10(12)3/h4-6,13H,1,7-8H2,2-3H3. The average molecular weight is 192 g/mol. The van der Waals surface area contributed by atoms with E-state index >= 15 is 0 Å². The zero-order chi connectivity index (χ0) is 10.6. The molecule has 0 aliphatic rings. The summed E-state index contributed by atoms with van der Waals surface area (Å²) in [5.41, 5.74) is 1.89. The van der Waals surface area contributed by atoms with E-state index in [1.54, 1.807) is 12.1 Å². The second kappa shape index (κ2) is 4.70. The second-order valence-electron chi connectivity index (χ2n) is 3.46. The van der Waals surface area contributed by atoms with Crippen molar-refractivity contribution in [3.8, 4) is 11.5 Å². The molecule has 0 amide bonds. The molecule has 1 aromatic rings. The summed E-state index contributed by atoms with van der Waals surface area (Å²) in [4.78, 5) is 0. The maximum absolute atomic E-state index is 9.41. The largest absolute Gasteiger partial charge is 0.508 e. The fraction of sp³-hybridized carbons (Fsp3) is 0.333. The first kappa shape index (κ1) is 10.6. The maximum Gasteiger partial charge on any atom is 0.125 e. The van der Waals surface area contributed by atoms with Gasteiger partial charge in [-0.25, -0.2) is 0 Å². The van der Waals surface area contributed by atoms with Crippen LogP contribution in [0.2, 0.25) is 0 Å². The zero-order valence-corrected chi connectivity index (χ0v) is 8.71. The van der Waals surface area contributed by atoms with Gasteiger partial charge in [0.1, 0.15) is 11.5 Å². The molecule has 0 aliphatic carbocycles. The SMILES string of the molecule is C=C(C)CCOc1cccc(O)c1C. The summed E-state index contributed by atoms with van der Waals surface area (Å²) in [5.74, 6) is 1.02. The van der Waals surface area contributed by atoms with Gasteiger partial charge >= 0.3 is 0 Å². The van der Waals surface area contributed by atoms with Crippen LogP contribution in [0.1, 0.15) is 18.9 Å². The van der Waals surface area contributed by atoms with Gasteiger partial charge in [0.25, 0.3) is 0 Å². The number of hydrogen-bond donors (Lipinski definition) is 1. The Balaban J connectivity index is 2.59. The van der Waals surface area contributed by atoms with Gasteiger partial charge in [0, 0.05) is 12.0 Å². The minimum atomic E-state index is 0.276. The number of phenolic OH excluding ortho intramolecular Hbond substituents is 1. The summed E-state index contributed by atoms with van der Waals surface area (Å²) >= 11 is 0. The Morgan fingerprint density at radius 1 is 1.50 bits per heavy atom. The zero-order valence-electron chi connectivity index (χ0n) is 8.71. The third-order valence-corrected chi connectivity index (χ3v) is 2.04. The van der Waals surface area contributed by atoms with E-state index in [0.717, 1.165) is 23.3 Å². The molecule has 0 heterocycles. The highest BCUT2D eigenvalue weighted by Crippen LogP contribution is 2.26. The van der Waals surface area contributed by atoms with Gasteiger partial charge < -0.3 is 9.84 Å². The number of ether oxygens (including phenoxy) is 1. The first-order valence-electron chi connectivity index (χ1n) is 4.67. The van der Waals surface area contributed by atoms with Gasteiger partial charge in [-0.15, -0.1) is 6.58 Å². The Morgan fingerprint density at radius 2 is 2.21 bits per heavy atom. The maximum atomic E-state index is 9.41. The number of hydrogen-bond acceptors (Lipinski definition) is 2. The van der Waals surface area contributed by atoms with Gasteiger partial charge in [-0.1, -0.05) is 11.6 Å². The quantitative estimate of drug-likeness (QED) is 0.743. The molecule has 0 saturated carbocycles. The van der Waals surface area contributed by atoms with E-state index in [2.05, 4.69) is 6.58 Å². The Morgan fingerprint density at radius 3 is 2.86 bits per heavy atom. The smallest absolute Gasteiger partial charge is 0.125 e. The predicted molar refractivity (Wildman–Crippen MR) is 57.8 cm³/mol. The predicted octanol–water partition coefficient (Wildman–Crippen LogP) is 3.05. The van der Waals surface area contributed by atoms with Crippen LogP contribution in [0.4, 0.5) is 0 Å². The number of phenols is 1. The molecule has 1 N–H and O–H groups in total. The summed E-state index contributed by atoms with van der Waals surface area (Å²) in [7, 11) is 0. The molecule has 0 radical (unpaired) electrons. The molecule has 0 unspecified atom stereocenters. The summed E-state index contributed by atoms with van der Waals surface area (Å²) in [6, 6.07) is 5.28. The molecule has 0 spiro atoms. The van der Waals surface area contributed by atoms with Gasteiger partial charge in [-0.2, -0.15) is 0 Å². The molecule has 2 nitrogen and oxygen atoms in total. The van der Waals surface area contributed by atoms with Crippen LogP contribution in [-0.2, 0) is 0 Å². The molecule has 0 saturated heterocycles. The molecule has 14 heavy (non-hydrogen) atoms. The Bertz CT molecular complexity index is 329. The highest BCUT2D eigenvalue weighted by atomic mass is 16.5. The second-order valence-corrected chi connectivity index (χ2v) is 3.46. The van der Waals surface area contributed by atoms with Crippen molar-refractivity contribution in [2.24, 2.45) is 0 Å². The molecule has 1 aromatic carbocycles. The van der Waals surface area contributed by atoms with Crippen molar-refractivity contribution in [3.05, 3.63) is 35.9 Å². The molecule has 0 aliphatic heterocycles. The topological polar surface area (TPSA) is 29.5 Å². The van der Waals surface area contributed by atoms with E-state index in [4.69, 9.17) is 4.74 Å². The molecular formula is C12H16O2. The fourth-order valence-corrected chi connectivity index (χ4v) is 1.09. The molecule has 2 heteroatoms. The Hall–Kier alpha value is -1.44. The van der Waals surface area contributed by atoms with E-state index < -0.39 is 0 Å². The summed E-state index contributed by atoms with van der Waals surface area (Å²) < 4.78 is 5.51. The summed E-state index contributed by atoms with van der Waals surface area (Å²) in [6.07, 6.45) is 0.842. The molecule has 0 bridgehead atoms. The van der Waals surface area contributed by atoms with Gasteiger partial charge in [-0.05, 0) is 26.0 Å². The van der Waals surface area contributed by atoms with Crippen molar-refractivity contribution in [2.75, 3.05) is 6.61 Å². The number of rotatable bonds is 4. The Labute approximate surface area is 84.8 Å². The van der Waals surface area contributed by atoms with Crippen molar-refractivity contribution < 1.29 is 9.84 Å². The van der Waals surface area contributed by atoms with Crippen molar-refractivity contribution in [1.82, 2.24) is 0 Å². The van der Waals surface area contributed by atoms with Crippen LogP contribution in [-0.4, -0.2) is 11.7 Å². The van der Waals surface area contributed by atoms with Crippen LogP contribution in [0.3, 0.4) is 0 Å². The molecule has 0 fully saturated rings. The van der Waals surface area contributed by atoms with E-state index in [1.165, 1.54) is 0 Å². The van der Waals surface area contributed by atoms with Crippen molar-refractivity contribution in [3.63, 3.8) is 0 Å². The number of aromatic hydroxyl groups is 1. The normalized spacial score (nSPS) is 9.86. The van der Waals surface area contributed by atoms with Crippen molar-refractivity contribution in [2.45, 2.75) is 20.3 Å². The lowest BCUT2D eigenvalue weighted by molar-refractivity contribution is 0.317. The van der Waals surface area contributed by atoms with E-state index in [0.29, 0.717) is 6.61 Å². The first-order chi connectivity index (χ1) is 6.61. The van der Waals surface area contributed by atoms with Crippen LogP contribution in [0, 0.1) is 6.92 Å². The molecule has 0 aromatic heterocycles. The number of benzene rings is 1. The van der Waals surface area contributed by atoms with Gasteiger partial charge in [0.15, 0.2) is 0 Å². The van der Waals surface area contributed by atoms with Crippen LogP contribution in [0.5, 0.6) is 11.5 Å². The van der Waals surface area contributed by atoms with Gasteiger partial charge in [0.05, 0.1) is 6.61 Å². The molecule has 76 valence electrons. The van der Waals surface area contributed by atoms with Crippen LogP contribution in [0.15, 0.2) is 30.4 Å². The van der Waals surface area contributed by atoms with Crippen molar-refractivity contribution in [1.29, 1.82) is 0 Å². The third-order valence-electron chi connectivity index (χ3n) is 2.04. The third kappa shape index (κ3) is 2.80. The van der Waals surface area contributed by atoms with E-state index in [9.17, 15) is 5.11 Å². The van der Waals surface area contributed by atoms with Crippen LogP contribution < -0.4 is 4.74 Å². The lowest BCUT2D eigenvalue weighted by Gasteiger charge is -2.09. The fourth-order valence-electron chi connectivity index (χ4n) is 1.09. The first-order valence-corrected chi connectivity index (χ1v) is 4.67. The average Bonchev–Trinajstić information content (AvgIpc) is 2.12. The van der Waals surface area contributed by atoms with Crippen LogP contribution >= 0.6 is 0 Å². The minimum absolute atomic E-state index is 0.276. The lowest BCUT2D eigenvalue weighted by atomic mass is 10.2. The summed E-state index contributed by atoms with van der Waals surface area (Å²) in [6.45, 7) is 8.22. The Kier molecular flexibility index (Phi) is 3.57. The van der Waals surface area contributed by atoms with E-state index in [1.807, 2.05) is 19.9 Å². The highest BCUT2D eigenvalue weighted by molar-refractivity contribution is 5.42.